The first-order chi connectivity index (χ1) is 15.0. The minimum Gasteiger partial charge on any atom is -0.407 e. The molecular formula is C20H19F3N4O5. The summed E-state index contributed by atoms with van der Waals surface area (Å²) in [6.07, 6.45) is -4.44. The lowest BCUT2D eigenvalue weighted by molar-refractivity contribution is -0.384. The van der Waals surface area contributed by atoms with Crippen molar-refractivity contribution in [3.05, 3.63) is 62.6 Å². The van der Waals surface area contributed by atoms with Crippen LogP contribution >= 0.6 is 0 Å². The summed E-state index contributed by atoms with van der Waals surface area (Å²) in [5, 5.41) is 13.3. The average molecular weight is 452 g/mol. The highest BCUT2D eigenvalue weighted by Gasteiger charge is 2.31. The van der Waals surface area contributed by atoms with Crippen LogP contribution in [0.5, 0.6) is 0 Å². The first-order valence-electron chi connectivity index (χ1n) is 9.43. The topological polar surface area (TPSA) is 111 Å². The fourth-order valence-corrected chi connectivity index (χ4v) is 3.19. The third-order valence-corrected chi connectivity index (χ3v) is 4.73. The average Bonchev–Trinajstić information content (AvgIpc) is 3.01. The van der Waals surface area contributed by atoms with Crippen LogP contribution < -0.4 is 16.0 Å². The fraction of sp³-hybridized carbons (Fsp3) is 0.300. The normalized spacial score (nSPS) is 11.5. The van der Waals surface area contributed by atoms with E-state index in [9.17, 15) is 32.9 Å². The predicted molar refractivity (Wildman–Crippen MR) is 111 cm³/mol. The molecule has 2 aromatic carbocycles. The van der Waals surface area contributed by atoms with Crippen molar-refractivity contribution in [1.82, 2.24) is 4.57 Å². The smallest absolute Gasteiger partial charge is 0.407 e. The maximum absolute atomic E-state index is 13.0. The Morgan fingerprint density at radius 1 is 1.22 bits per heavy atom. The molecule has 0 atom stereocenters. The van der Waals surface area contributed by atoms with Gasteiger partial charge < -0.3 is 14.6 Å². The molecule has 0 bridgehead atoms. The second kappa shape index (κ2) is 8.73. The Labute approximate surface area is 179 Å². The second-order valence-electron chi connectivity index (χ2n) is 7.20. The largest absolute Gasteiger partial charge is 0.419 e. The standard InChI is InChI=1S/C20H19F3N4O5/c1-25(2)15-7-5-12(20(21,22)23)10-14(15)24-18(28)4-3-9-26-16-8-6-13(27(30)31)11-17(16)32-19(26)29/h5-8,10-11H,3-4,9H2,1-2H3,(H,24,28). The summed E-state index contributed by atoms with van der Waals surface area (Å²) >= 11 is 0. The molecule has 1 aromatic heterocycles. The quantitative estimate of drug-likeness (QED) is 0.429. The van der Waals surface area contributed by atoms with E-state index in [1.165, 1.54) is 22.8 Å². The number of amides is 1. The molecule has 9 nitrogen and oxygen atoms in total. The number of rotatable bonds is 7. The van der Waals surface area contributed by atoms with E-state index < -0.39 is 28.3 Å². The molecule has 0 unspecified atom stereocenters. The lowest BCUT2D eigenvalue weighted by atomic mass is 10.1. The fourth-order valence-electron chi connectivity index (χ4n) is 3.19. The number of nitro groups is 1. The number of anilines is 2. The number of fused-ring (bicyclic) bond motifs is 1. The number of nitro benzene ring substituents is 1. The Balaban J connectivity index is 1.70. The second-order valence-corrected chi connectivity index (χ2v) is 7.20. The molecule has 12 heteroatoms. The molecule has 1 amide bonds. The van der Waals surface area contributed by atoms with Crippen molar-refractivity contribution in [2.45, 2.75) is 25.6 Å². The van der Waals surface area contributed by atoms with E-state index >= 15 is 0 Å². The maximum Gasteiger partial charge on any atom is 0.419 e. The van der Waals surface area contributed by atoms with Crippen LogP contribution in [0.3, 0.4) is 0 Å². The molecule has 0 aliphatic rings. The Morgan fingerprint density at radius 3 is 2.56 bits per heavy atom. The van der Waals surface area contributed by atoms with Gasteiger partial charge in [-0.1, -0.05) is 0 Å². The molecule has 1 heterocycles. The SMILES string of the molecule is CN(C)c1ccc(C(F)(F)F)cc1NC(=O)CCCn1c(=O)oc2cc([N+](=O)[O-])ccc21. The van der Waals surface area contributed by atoms with Gasteiger partial charge in [0.2, 0.25) is 5.91 Å². The molecule has 0 radical (unpaired) electrons. The third-order valence-electron chi connectivity index (χ3n) is 4.73. The van der Waals surface area contributed by atoms with Crippen molar-refractivity contribution >= 4 is 34.1 Å². The molecule has 170 valence electrons. The first-order valence-corrected chi connectivity index (χ1v) is 9.43. The molecule has 3 rings (SSSR count). The van der Waals surface area contributed by atoms with E-state index in [-0.39, 0.29) is 36.3 Å². The highest BCUT2D eigenvalue weighted by molar-refractivity contribution is 5.94. The predicted octanol–water partition coefficient (Wildman–Crippen LogP) is 4.01. The van der Waals surface area contributed by atoms with Crippen molar-refractivity contribution in [2.24, 2.45) is 0 Å². The van der Waals surface area contributed by atoms with E-state index in [0.29, 0.717) is 11.2 Å². The van der Waals surface area contributed by atoms with E-state index in [1.807, 2.05) is 0 Å². The minimum atomic E-state index is -4.55. The number of carbonyl (C=O) groups is 1. The Hall–Kier alpha value is -3.83. The van der Waals surface area contributed by atoms with Crippen LogP contribution in [0.1, 0.15) is 18.4 Å². The van der Waals surface area contributed by atoms with Gasteiger partial charge in [-0.3, -0.25) is 19.5 Å². The summed E-state index contributed by atoms with van der Waals surface area (Å²) in [5.74, 6) is -1.25. The Kier molecular flexibility index (Phi) is 6.23. The zero-order chi connectivity index (χ0) is 23.6. The van der Waals surface area contributed by atoms with Crippen LogP contribution in [-0.2, 0) is 17.5 Å². The number of halogens is 3. The summed E-state index contributed by atoms with van der Waals surface area (Å²) in [6.45, 7) is 0.0835. The number of hydrogen-bond donors (Lipinski definition) is 1. The van der Waals surface area contributed by atoms with Gasteiger partial charge in [-0.15, -0.1) is 0 Å². The molecule has 0 saturated carbocycles. The Morgan fingerprint density at radius 2 is 1.94 bits per heavy atom. The summed E-state index contributed by atoms with van der Waals surface area (Å²) in [7, 11) is 3.28. The van der Waals surface area contributed by atoms with Crippen molar-refractivity contribution in [1.29, 1.82) is 0 Å². The number of aryl methyl sites for hydroxylation is 1. The molecule has 3 aromatic rings. The zero-order valence-corrected chi connectivity index (χ0v) is 17.1. The van der Waals surface area contributed by atoms with E-state index in [2.05, 4.69) is 5.32 Å². The highest BCUT2D eigenvalue weighted by Crippen LogP contribution is 2.35. The monoisotopic (exact) mass is 452 g/mol. The number of carbonyl (C=O) groups excluding carboxylic acids is 1. The number of nitrogens with zero attached hydrogens (tertiary/aromatic N) is 3. The van der Waals surface area contributed by atoms with Crippen LogP contribution in [0.4, 0.5) is 30.2 Å². The van der Waals surface area contributed by atoms with Gasteiger partial charge in [0.05, 0.1) is 33.4 Å². The highest BCUT2D eigenvalue weighted by atomic mass is 19.4. The van der Waals surface area contributed by atoms with Crippen LogP contribution in [0.25, 0.3) is 11.1 Å². The molecular weight excluding hydrogens is 433 g/mol. The number of benzene rings is 2. The van der Waals surface area contributed by atoms with Gasteiger partial charge in [-0.2, -0.15) is 13.2 Å². The van der Waals surface area contributed by atoms with Crippen LogP contribution in [0, 0.1) is 10.1 Å². The van der Waals surface area contributed by atoms with Crippen molar-refractivity contribution in [3.8, 4) is 0 Å². The van der Waals surface area contributed by atoms with Crippen LogP contribution in [0.15, 0.2) is 45.6 Å². The van der Waals surface area contributed by atoms with Gasteiger partial charge in [0, 0.05) is 33.1 Å². The van der Waals surface area contributed by atoms with Crippen LogP contribution in [0.2, 0.25) is 0 Å². The van der Waals surface area contributed by atoms with Gasteiger partial charge >= 0.3 is 11.9 Å². The van der Waals surface area contributed by atoms with Gasteiger partial charge in [0.15, 0.2) is 5.58 Å². The zero-order valence-electron chi connectivity index (χ0n) is 17.1. The van der Waals surface area contributed by atoms with Gasteiger partial charge in [-0.25, -0.2) is 4.79 Å². The summed E-state index contributed by atoms with van der Waals surface area (Å²) < 4.78 is 45.3. The molecule has 1 N–H and O–H groups in total. The van der Waals surface area contributed by atoms with E-state index in [0.717, 1.165) is 18.2 Å². The number of hydrogen-bond acceptors (Lipinski definition) is 6. The summed E-state index contributed by atoms with van der Waals surface area (Å²) in [5.41, 5.74) is -0.292. The number of nitrogens with one attached hydrogen (secondary N) is 1. The lowest BCUT2D eigenvalue weighted by Gasteiger charge is -2.19. The van der Waals surface area contributed by atoms with Crippen molar-refractivity contribution in [2.75, 3.05) is 24.3 Å². The van der Waals surface area contributed by atoms with Crippen molar-refractivity contribution in [3.63, 3.8) is 0 Å². The minimum absolute atomic E-state index is 0.0214. The van der Waals surface area contributed by atoms with Crippen molar-refractivity contribution < 1.29 is 27.3 Å². The molecule has 0 fully saturated rings. The van der Waals surface area contributed by atoms with Gasteiger partial charge in [-0.05, 0) is 30.7 Å². The molecule has 32 heavy (non-hydrogen) atoms. The van der Waals surface area contributed by atoms with Crippen LogP contribution in [-0.4, -0.2) is 29.5 Å². The van der Waals surface area contributed by atoms with Gasteiger partial charge in [0.1, 0.15) is 0 Å². The number of alkyl halides is 3. The number of oxazole rings is 1. The Bertz CT molecular complexity index is 1230. The number of non-ortho nitro benzene ring substituents is 1. The summed E-state index contributed by atoms with van der Waals surface area (Å²) in [4.78, 5) is 36.2. The summed E-state index contributed by atoms with van der Waals surface area (Å²) in [6, 6.07) is 6.83. The maximum atomic E-state index is 13.0. The first kappa shape index (κ1) is 22.8. The molecule has 0 aliphatic carbocycles. The van der Waals surface area contributed by atoms with Gasteiger partial charge in [0.25, 0.3) is 5.69 Å². The molecule has 0 spiro atoms. The number of aromatic nitrogens is 1. The van der Waals surface area contributed by atoms with E-state index in [1.54, 1.807) is 19.0 Å². The molecule has 0 saturated heterocycles. The lowest BCUT2D eigenvalue weighted by Crippen LogP contribution is -2.19. The van der Waals surface area contributed by atoms with E-state index in [4.69, 9.17) is 4.42 Å². The molecule has 0 aliphatic heterocycles. The third kappa shape index (κ3) is 4.90.